The summed E-state index contributed by atoms with van der Waals surface area (Å²) in [5, 5.41) is 3.62. The Kier molecular flexibility index (Phi) is 10.5. The Balaban J connectivity index is 1.48. The second-order valence-electron chi connectivity index (χ2n) is 11.7. The molecule has 2 aromatic rings. The molecule has 8 heteroatoms. The van der Waals surface area contributed by atoms with E-state index < -0.39 is 5.82 Å². The number of ketones is 1. The van der Waals surface area contributed by atoms with Crippen molar-refractivity contribution in [2.24, 2.45) is 15.9 Å². The minimum atomic E-state index is -0.421. The van der Waals surface area contributed by atoms with Crippen LogP contribution in [0.3, 0.4) is 0 Å². The maximum Gasteiger partial charge on any atom is 0.210 e. The molecule has 4 rings (SSSR count). The van der Waals surface area contributed by atoms with Gasteiger partial charge in [-0.2, -0.15) is 0 Å². The molecule has 1 aromatic carbocycles. The SMILES string of the molecule is C=C(C(=O)c1c[nH]c2c(CC3=NCC(=NC(C)CC)N3)ccc(F)c12)N1CCN(C(C)C(C)/C=C\C=C/C)CCC1C. The molecule has 1 aromatic heterocycles. The van der Waals surface area contributed by atoms with Gasteiger partial charge in [0.2, 0.25) is 5.78 Å². The summed E-state index contributed by atoms with van der Waals surface area (Å²) in [6, 6.07) is 3.95. The normalized spacial score (nSPS) is 21.6. The third kappa shape index (κ3) is 7.09. The molecule has 3 heterocycles. The fraction of sp³-hybridized carbons (Fsp3) is 0.500. The molecule has 42 heavy (non-hydrogen) atoms. The monoisotopic (exact) mass is 574 g/mol. The van der Waals surface area contributed by atoms with Gasteiger partial charge < -0.3 is 15.2 Å². The zero-order chi connectivity index (χ0) is 30.4. The van der Waals surface area contributed by atoms with Gasteiger partial charge in [0.05, 0.1) is 23.3 Å². The van der Waals surface area contributed by atoms with Gasteiger partial charge in [-0.25, -0.2) is 4.39 Å². The van der Waals surface area contributed by atoms with Crippen molar-refractivity contribution in [1.29, 1.82) is 0 Å². The van der Waals surface area contributed by atoms with Crippen LogP contribution in [0.2, 0.25) is 0 Å². The molecule has 0 amide bonds. The summed E-state index contributed by atoms with van der Waals surface area (Å²) in [7, 11) is 0. The zero-order valence-corrected chi connectivity index (χ0v) is 26.1. The molecule has 0 saturated carbocycles. The Hall–Kier alpha value is -3.52. The zero-order valence-electron chi connectivity index (χ0n) is 26.1. The highest BCUT2D eigenvalue weighted by atomic mass is 19.1. The number of nitrogens with zero attached hydrogens (tertiary/aromatic N) is 4. The summed E-state index contributed by atoms with van der Waals surface area (Å²) in [6.07, 6.45) is 12.4. The molecule has 4 atom stereocenters. The van der Waals surface area contributed by atoms with E-state index in [-0.39, 0.29) is 17.9 Å². The number of amidine groups is 2. The molecular weight excluding hydrogens is 527 g/mol. The molecule has 226 valence electrons. The quantitative estimate of drug-likeness (QED) is 0.188. The number of aliphatic imine (C=N–C) groups is 2. The number of aromatic amines is 1. The standard InChI is InChI=1S/C34H47FN6O/c1-8-10-11-12-22(3)25(6)40-16-15-24(5)41(18-17-40)26(7)34(42)28-20-37-33-27(13-14-29(35)32(28)33)19-30-36-21-31(39-30)38-23(4)9-2/h8,10-14,20,22-25,37H,7,9,15-19,21H2,1-6H3,(H,36,38,39)/b10-8-,12-11-. The van der Waals surface area contributed by atoms with Crippen molar-refractivity contribution in [3.05, 3.63) is 71.9 Å². The molecule has 7 nitrogen and oxygen atoms in total. The number of nitrogens with one attached hydrogen (secondary N) is 2. The van der Waals surface area contributed by atoms with E-state index in [0.29, 0.717) is 53.6 Å². The lowest BCUT2D eigenvalue weighted by Gasteiger charge is -2.31. The van der Waals surface area contributed by atoms with E-state index in [4.69, 9.17) is 0 Å². The van der Waals surface area contributed by atoms with E-state index in [1.54, 1.807) is 12.3 Å². The van der Waals surface area contributed by atoms with Crippen LogP contribution >= 0.6 is 0 Å². The molecule has 1 saturated heterocycles. The Bertz CT molecular complexity index is 1400. The highest BCUT2D eigenvalue weighted by Gasteiger charge is 2.30. The number of aromatic nitrogens is 1. The Morgan fingerprint density at radius 1 is 1.24 bits per heavy atom. The predicted molar refractivity (Wildman–Crippen MR) is 173 cm³/mol. The summed E-state index contributed by atoms with van der Waals surface area (Å²) in [6.45, 7) is 20.1. The molecule has 2 aliphatic rings. The van der Waals surface area contributed by atoms with Crippen molar-refractivity contribution < 1.29 is 9.18 Å². The number of carbonyl (C=O) groups is 1. The molecule has 0 aliphatic carbocycles. The van der Waals surface area contributed by atoms with E-state index in [2.05, 4.69) is 89.5 Å². The minimum absolute atomic E-state index is 0.149. The first kappa shape index (κ1) is 31.4. The van der Waals surface area contributed by atoms with Crippen molar-refractivity contribution >= 4 is 28.4 Å². The van der Waals surface area contributed by atoms with Crippen LogP contribution in [0.25, 0.3) is 10.9 Å². The van der Waals surface area contributed by atoms with Crippen LogP contribution in [0, 0.1) is 11.7 Å². The van der Waals surface area contributed by atoms with E-state index in [9.17, 15) is 4.79 Å². The highest BCUT2D eigenvalue weighted by Crippen LogP contribution is 2.29. The van der Waals surface area contributed by atoms with Crippen LogP contribution in [-0.2, 0) is 6.42 Å². The number of Topliss-reactive ketones (excluding diaryl/α,β-unsaturated/α-hetero) is 1. The lowest BCUT2D eigenvalue weighted by Crippen LogP contribution is -2.40. The Morgan fingerprint density at radius 3 is 2.76 bits per heavy atom. The van der Waals surface area contributed by atoms with E-state index in [0.717, 1.165) is 43.2 Å². The summed E-state index contributed by atoms with van der Waals surface area (Å²) in [5.41, 5.74) is 2.22. The Labute approximate surface area is 250 Å². The van der Waals surface area contributed by atoms with Gasteiger partial charge in [-0.15, -0.1) is 0 Å². The number of allylic oxidation sites excluding steroid dienone is 4. The fourth-order valence-corrected chi connectivity index (χ4v) is 5.73. The topological polar surface area (TPSA) is 76.1 Å². The van der Waals surface area contributed by atoms with Crippen LogP contribution in [0.15, 0.2) is 64.9 Å². The maximum atomic E-state index is 15.3. The highest BCUT2D eigenvalue weighted by molar-refractivity contribution is 6.16. The van der Waals surface area contributed by atoms with Gasteiger partial charge in [0.15, 0.2) is 0 Å². The minimum Gasteiger partial charge on any atom is -0.365 e. The molecule has 1 fully saturated rings. The fourth-order valence-electron chi connectivity index (χ4n) is 5.73. The predicted octanol–water partition coefficient (Wildman–Crippen LogP) is 6.30. The Morgan fingerprint density at radius 2 is 2.02 bits per heavy atom. The van der Waals surface area contributed by atoms with Crippen molar-refractivity contribution in [2.75, 3.05) is 26.2 Å². The van der Waals surface area contributed by atoms with E-state index in [1.807, 2.05) is 13.0 Å². The third-order valence-electron chi connectivity index (χ3n) is 8.81. The van der Waals surface area contributed by atoms with Crippen LogP contribution in [0.5, 0.6) is 0 Å². The molecule has 0 radical (unpaired) electrons. The smallest absolute Gasteiger partial charge is 0.210 e. The first-order valence-electron chi connectivity index (χ1n) is 15.3. The van der Waals surface area contributed by atoms with Gasteiger partial charge in [0.1, 0.15) is 17.5 Å². The largest absolute Gasteiger partial charge is 0.365 e. The summed E-state index contributed by atoms with van der Waals surface area (Å²) >= 11 is 0. The number of fused-ring (bicyclic) bond motifs is 1. The molecule has 2 N–H and O–H groups in total. The number of rotatable bonds is 11. The number of carbonyl (C=O) groups excluding carboxylic acids is 1. The number of hydrogen-bond donors (Lipinski definition) is 2. The van der Waals surface area contributed by atoms with Crippen LogP contribution in [-0.4, -0.2) is 76.5 Å². The van der Waals surface area contributed by atoms with Crippen molar-refractivity contribution in [2.45, 2.75) is 78.9 Å². The molecule has 4 unspecified atom stereocenters. The first-order chi connectivity index (χ1) is 20.1. The lowest BCUT2D eigenvalue weighted by atomic mass is 10.0. The number of H-pyrrole nitrogens is 1. The van der Waals surface area contributed by atoms with Crippen LogP contribution in [0.1, 0.15) is 70.3 Å². The number of hydrogen-bond acceptors (Lipinski definition) is 5. The third-order valence-corrected chi connectivity index (χ3v) is 8.81. The van der Waals surface area contributed by atoms with Gasteiger partial charge in [-0.1, -0.05) is 50.8 Å². The molecule has 2 aliphatic heterocycles. The summed E-state index contributed by atoms with van der Waals surface area (Å²) in [4.78, 5) is 30.9. The van der Waals surface area contributed by atoms with Crippen molar-refractivity contribution in [3.8, 4) is 0 Å². The molecule has 0 bridgehead atoms. The van der Waals surface area contributed by atoms with Gasteiger partial charge in [0, 0.05) is 55.8 Å². The molecular formula is C34H47FN6O. The second-order valence-corrected chi connectivity index (χ2v) is 11.7. The average molecular weight is 575 g/mol. The second kappa shape index (κ2) is 14.1. The lowest BCUT2D eigenvalue weighted by molar-refractivity contribution is 0.0978. The van der Waals surface area contributed by atoms with Crippen molar-refractivity contribution in [1.82, 2.24) is 20.1 Å². The van der Waals surface area contributed by atoms with E-state index in [1.165, 1.54) is 6.07 Å². The first-order valence-corrected chi connectivity index (χ1v) is 15.3. The van der Waals surface area contributed by atoms with Gasteiger partial charge in [-0.3, -0.25) is 19.7 Å². The number of halogens is 1. The summed E-state index contributed by atoms with van der Waals surface area (Å²) < 4.78 is 15.3. The van der Waals surface area contributed by atoms with Gasteiger partial charge in [-0.05, 0) is 58.1 Å². The maximum absolute atomic E-state index is 15.3. The van der Waals surface area contributed by atoms with E-state index >= 15 is 4.39 Å². The van der Waals surface area contributed by atoms with Crippen molar-refractivity contribution in [3.63, 3.8) is 0 Å². The van der Waals surface area contributed by atoms with Gasteiger partial charge in [0.25, 0.3) is 0 Å². The molecule has 0 spiro atoms. The average Bonchev–Trinajstić information content (AvgIpc) is 3.58. The summed E-state index contributed by atoms with van der Waals surface area (Å²) in [5.74, 6) is 1.39. The number of benzene rings is 1. The van der Waals surface area contributed by atoms with Crippen LogP contribution < -0.4 is 5.32 Å². The van der Waals surface area contributed by atoms with Crippen LogP contribution in [0.4, 0.5) is 4.39 Å². The van der Waals surface area contributed by atoms with Gasteiger partial charge >= 0.3 is 0 Å².